The third-order valence-corrected chi connectivity index (χ3v) is 2.51. The summed E-state index contributed by atoms with van der Waals surface area (Å²) in [4.78, 5) is 2.35. The van der Waals surface area contributed by atoms with Gasteiger partial charge in [0.15, 0.2) is 0 Å². The van der Waals surface area contributed by atoms with Crippen molar-refractivity contribution >= 4 is 0 Å². The number of rotatable bonds is 6. The number of nitrogens with two attached hydrogens (primary N) is 1. The average Bonchev–Trinajstić information content (AvgIpc) is 2.22. The zero-order valence-corrected chi connectivity index (χ0v) is 9.87. The Morgan fingerprint density at radius 2 is 1.73 bits per heavy atom. The van der Waals surface area contributed by atoms with E-state index in [9.17, 15) is 0 Å². The highest BCUT2D eigenvalue weighted by Gasteiger charge is 1.98. The van der Waals surface area contributed by atoms with Crippen molar-refractivity contribution in [3.8, 4) is 0 Å². The lowest BCUT2D eigenvalue weighted by molar-refractivity contribution is 0.327. The molecule has 0 saturated carbocycles. The molecule has 15 heavy (non-hydrogen) atoms. The maximum atomic E-state index is 5.51. The van der Waals surface area contributed by atoms with Gasteiger partial charge in [0.2, 0.25) is 0 Å². The molecule has 2 N–H and O–H groups in total. The van der Waals surface area contributed by atoms with Crippen LogP contribution in [0, 0.1) is 0 Å². The SMILES string of the molecule is CCCN(C)Cc1ccc(CCN)cc1. The van der Waals surface area contributed by atoms with E-state index in [1.807, 2.05) is 0 Å². The Morgan fingerprint density at radius 1 is 1.13 bits per heavy atom. The van der Waals surface area contributed by atoms with Gasteiger partial charge in [0, 0.05) is 6.54 Å². The predicted molar refractivity (Wildman–Crippen MR) is 65.8 cm³/mol. The second-order valence-electron chi connectivity index (χ2n) is 4.09. The van der Waals surface area contributed by atoms with Gasteiger partial charge in [-0.15, -0.1) is 0 Å². The lowest BCUT2D eigenvalue weighted by Crippen LogP contribution is -2.18. The van der Waals surface area contributed by atoms with Gasteiger partial charge in [-0.25, -0.2) is 0 Å². The van der Waals surface area contributed by atoms with Gasteiger partial charge in [-0.2, -0.15) is 0 Å². The van der Waals surface area contributed by atoms with E-state index in [0.717, 1.165) is 26.1 Å². The van der Waals surface area contributed by atoms with Gasteiger partial charge in [0.1, 0.15) is 0 Å². The quantitative estimate of drug-likeness (QED) is 0.771. The third-order valence-electron chi connectivity index (χ3n) is 2.51. The van der Waals surface area contributed by atoms with Crippen LogP contribution in [0.1, 0.15) is 24.5 Å². The molecule has 0 saturated heterocycles. The molecule has 0 heterocycles. The first-order valence-corrected chi connectivity index (χ1v) is 5.72. The van der Waals surface area contributed by atoms with E-state index in [0.29, 0.717) is 0 Å². The molecule has 0 amide bonds. The number of benzene rings is 1. The Morgan fingerprint density at radius 3 is 2.27 bits per heavy atom. The van der Waals surface area contributed by atoms with E-state index in [1.54, 1.807) is 0 Å². The van der Waals surface area contributed by atoms with Crippen LogP contribution in [0.4, 0.5) is 0 Å². The van der Waals surface area contributed by atoms with Crippen molar-refractivity contribution in [1.82, 2.24) is 4.90 Å². The molecular formula is C13H22N2. The van der Waals surface area contributed by atoms with E-state index in [-0.39, 0.29) is 0 Å². The van der Waals surface area contributed by atoms with Crippen molar-refractivity contribution in [3.05, 3.63) is 35.4 Å². The molecule has 0 atom stereocenters. The fourth-order valence-electron chi connectivity index (χ4n) is 1.75. The van der Waals surface area contributed by atoms with Gasteiger partial charge in [-0.05, 0) is 44.1 Å². The lowest BCUT2D eigenvalue weighted by atomic mass is 10.1. The fourth-order valence-corrected chi connectivity index (χ4v) is 1.75. The van der Waals surface area contributed by atoms with E-state index in [4.69, 9.17) is 5.73 Å². The Labute approximate surface area is 93.1 Å². The number of hydrogen-bond acceptors (Lipinski definition) is 2. The molecule has 0 aliphatic rings. The number of hydrogen-bond donors (Lipinski definition) is 1. The maximum Gasteiger partial charge on any atom is 0.0230 e. The molecule has 0 bridgehead atoms. The zero-order chi connectivity index (χ0) is 11.1. The van der Waals surface area contributed by atoms with E-state index in [1.165, 1.54) is 17.5 Å². The van der Waals surface area contributed by atoms with Crippen LogP contribution in [0.5, 0.6) is 0 Å². The van der Waals surface area contributed by atoms with Gasteiger partial charge >= 0.3 is 0 Å². The lowest BCUT2D eigenvalue weighted by Gasteiger charge is -2.15. The molecule has 2 nitrogen and oxygen atoms in total. The van der Waals surface area contributed by atoms with Crippen LogP contribution in [0.15, 0.2) is 24.3 Å². The molecule has 1 aromatic rings. The van der Waals surface area contributed by atoms with Gasteiger partial charge < -0.3 is 10.6 Å². The molecule has 0 fully saturated rings. The Balaban J connectivity index is 2.48. The predicted octanol–water partition coefficient (Wildman–Crippen LogP) is 2.03. The zero-order valence-electron chi connectivity index (χ0n) is 9.87. The van der Waals surface area contributed by atoms with Crippen molar-refractivity contribution in [2.75, 3.05) is 20.1 Å². The first kappa shape index (κ1) is 12.2. The summed E-state index contributed by atoms with van der Waals surface area (Å²) < 4.78 is 0. The molecule has 0 spiro atoms. The molecule has 1 rings (SSSR count). The summed E-state index contributed by atoms with van der Waals surface area (Å²) in [6.07, 6.45) is 2.19. The number of nitrogens with zero attached hydrogens (tertiary/aromatic N) is 1. The van der Waals surface area contributed by atoms with Gasteiger partial charge in [-0.1, -0.05) is 31.2 Å². The molecule has 2 heteroatoms. The summed E-state index contributed by atoms with van der Waals surface area (Å²) in [6.45, 7) is 5.14. The van der Waals surface area contributed by atoms with E-state index < -0.39 is 0 Å². The second-order valence-corrected chi connectivity index (χ2v) is 4.09. The normalized spacial score (nSPS) is 10.9. The molecule has 0 radical (unpaired) electrons. The highest BCUT2D eigenvalue weighted by Crippen LogP contribution is 2.07. The minimum Gasteiger partial charge on any atom is -0.330 e. The van der Waals surface area contributed by atoms with Crippen LogP contribution < -0.4 is 5.73 Å². The van der Waals surface area contributed by atoms with Gasteiger partial charge in [-0.3, -0.25) is 0 Å². The first-order valence-electron chi connectivity index (χ1n) is 5.72. The Kier molecular flexibility index (Phi) is 5.37. The molecule has 0 aliphatic carbocycles. The minimum absolute atomic E-state index is 0.731. The minimum atomic E-state index is 0.731. The van der Waals surface area contributed by atoms with E-state index >= 15 is 0 Å². The topological polar surface area (TPSA) is 29.3 Å². The fraction of sp³-hybridized carbons (Fsp3) is 0.538. The summed E-state index contributed by atoms with van der Waals surface area (Å²) in [5.74, 6) is 0. The van der Waals surface area contributed by atoms with Crippen molar-refractivity contribution < 1.29 is 0 Å². The van der Waals surface area contributed by atoms with Crippen molar-refractivity contribution in [2.45, 2.75) is 26.3 Å². The van der Waals surface area contributed by atoms with Crippen LogP contribution in [-0.4, -0.2) is 25.0 Å². The molecular weight excluding hydrogens is 184 g/mol. The largest absolute Gasteiger partial charge is 0.330 e. The van der Waals surface area contributed by atoms with Crippen LogP contribution >= 0.6 is 0 Å². The molecule has 0 aliphatic heterocycles. The Bertz CT molecular complexity index is 266. The highest BCUT2D eigenvalue weighted by molar-refractivity contribution is 5.22. The average molecular weight is 206 g/mol. The molecule has 1 aromatic carbocycles. The van der Waals surface area contributed by atoms with Crippen LogP contribution in [0.25, 0.3) is 0 Å². The molecule has 0 unspecified atom stereocenters. The van der Waals surface area contributed by atoms with Crippen molar-refractivity contribution in [3.63, 3.8) is 0 Å². The summed E-state index contributed by atoms with van der Waals surface area (Å²) in [5, 5.41) is 0. The van der Waals surface area contributed by atoms with Crippen molar-refractivity contribution in [2.24, 2.45) is 5.73 Å². The van der Waals surface area contributed by atoms with E-state index in [2.05, 4.69) is 43.1 Å². The van der Waals surface area contributed by atoms with Crippen LogP contribution in [-0.2, 0) is 13.0 Å². The monoisotopic (exact) mass is 206 g/mol. The molecule has 84 valence electrons. The van der Waals surface area contributed by atoms with Gasteiger partial charge in [0.05, 0.1) is 0 Å². The summed E-state index contributed by atoms with van der Waals surface area (Å²) in [6, 6.07) is 8.78. The second kappa shape index (κ2) is 6.59. The first-order chi connectivity index (χ1) is 7.26. The summed E-state index contributed by atoms with van der Waals surface area (Å²) >= 11 is 0. The smallest absolute Gasteiger partial charge is 0.0230 e. The third kappa shape index (κ3) is 4.45. The summed E-state index contributed by atoms with van der Waals surface area (Å²) in [5.41, 5.74) is 8.22. The molecule has 0 aromatic heterocycles. The maximum absolute atomic E-state index is 5.51. The van der Waals surface area contributed by atoms with Crippen LogP contribution in [0.3, 0.4) is 0 Å². The standard InChI is InChI=1S/C13H22N2/c1-3-10-15(2)11-13-6-4-12(5-7-13)8-9-14/h4-7H,3,8-11,14H2,1-2H3. The highest BCUT2D eigenvalue weighted by atomic mass is 15.1. The van der Waals surface area contributed by atoms with Crippen molar-refractivity contribution in [1.29, 1.82) is 0 Å². The summed E-state index contributed by atoms with van der Waals surface area (Å²) in [7, 11) is 2.16. The Hall–Kier alpha value is -0.860. The van der Waals surface area contributed by atoms with Gasteiger partial charge in [0.25, 0.3) is 0 Å². The van der Waals surface area contributed by atoms with Crippen LogP contribution in [0.2, 0.25) is 0 Å².